The predicted octanol–water partition coefficient (Wildman–Crippen LogP) is 2.17. The maximum absolute atomic E-state index is 11.6. The zero-order valence-electron chi connectivity index (χ0n) is 8.06. The second-order valence-corrected chi connectivity index (χ2v) is 3.61. The molecule has 0 aliphatic carbocycles. The average molecular weight is 195 g/mol. The van der Waals surface area contributed by atoms with Crippen LogP contribution < -0.4 is 5.32 Å². The number of ether oxygens (including phenoxy) is 1. The molecule has 0 spiro atoms. The molecule has 0 bridgehead atoms. The van der Waals surface area contributed by atoms with Crippen molar-refractivity contribution in [3.63, 3.8) is 0 Å². The van der Waals surface area contributed by atoms with Gasteiger partial charge in [-0.1, -0.05) is 0 Å². The summed E-state index contributed by atoms with van der Waals surface area (Å²) in [6.07, 6.45) is -3.40. The molecule has 3 nitrogen and oxygen atoms in total. The van der Waals surface area contributed by atoms with Crippen LogP contribution in [0.5, 0.6) is 0 Å². The van der Waals surface area contributed by atoms with E-state index in [9.17, 15) is 13.6 Å². The summed E-state index contributed by atoms with van der Waals surface area (Å²) in [7, 11) is 0. The van der Waals surface area contributed by atoms with Crippen LogP contribution in [0.2, 0.25) is 0 Å². The fourth-order valence-corrected chi connectivity index (χ4v) is 0.598. The Morgan fingerprint density at radius 1 is 1.46 bits per heavy atom. The molecule has 1 amide bonds. The number of carbonyl (C=O) groups excluding carboxylic acids is 1. The van der Waals surface area contributed by atoms with Crippen LogP contribution in [-0.2, 0) is 4.74 Å². The molecule has 0 aromatic heterocycles. The molecule has 1 N–H and O–H groups in total. The quantitative estimate of drug-likeness (QED) is 0.749. The van der Waals surface area contributed by atoms with Crippen molar-refractivity contribution in [3.05, 3.63) is 0 Å². The van der Waals surface area contributed by atoms with Gasteiger partial charge in [0.1, 0.15) is 5.60 Å². The van der Waals surface area contributed by atoms with Crippen molar-refractivity contribution < 1.29 is 18.3 Å². The SMILES string of the molecule is CC(C)(C)OC(=O)NCCC(F)F. The number of alkyl carbamates (subject to hydrolysis) is 1. The van der Waals surface area contributed by atoms with Crippen molar-refractivity contribution in [2.75, 3.05) is 6.54 Å². The Labute approximate surface area is 76.4 Å². The molecule has 0 unspecified atom stereocenters. The minimum absolute atomic E-state index is 0.0629. The first-order valence-electron chi connectivity index (χ1n) is 4.06. The molecule has 0 atom stereocenters. The van der Waals surface area contributed by atoms with Crippen LogP contribution in [0.15, 0.2) is 0 Å². The van der Waals surface area contributed by atoms with E-state index < -0.39 is 18.1 Å². The standard InChI is InChI=1S/C8H15F2NO2/c1-8(2,3)13-7(12)11-5-4-6(9)10/h6H,4-5H2,1-3H3,(H,11,12). The summed E-state index contributed by atoms with van der Waals surface area (Å²) in [5, 5.41) is 2.23. The van der Waals surface area contributed by atoms with Gasteiger partial charge in [-0.3, -0.25) is 0 Å². The molecular formula is C8H15F2NO2. The van der Waals surface area contributed by atoms with E-state index >= 15 is 0 Å². The second kappa shape index (κ2) is 4.99. The highest BCUT2D eigenvalue weighted by Crippen LogP contribution is 2.06. The maximum atomic E-state index is 11.6. The summed E-state index contributed by atoms with van der Waals surface area (Å²) >= 11 is 0. The van der Waals surface area contributed by atoms with Crippen molar-refractivity contribution in [1.82, 2.24) is 5.32 Å². The summed E-state index contributed by atoms with van der Waals surface area (Å²) < 4.78 is 28.1. The summed E-state index contributed by atoms with van der Waals surface area (Å²) in [6.45, 7) is 5.06. The summed E-state index contributed by atoms with van der Waals surface area (Å²) in [4.78, 5) is 10.9. The molecule has 0 radical (unpaired) electrons. The van der Waals surface area contributed by atoms with E-state index in [1.807, 2.05) is 0 Å². The van der Waals surface area contributed by atoms with Gasteiger partial charge in [0.25, 0.3) is 0 Å². The number of carbonyl (C=O) groups is 1. The number of hydrogen-bond donors (Lipinski definition) is 1. The molecule has 0 saturated carbocycles. The van der Waals surface area contributed by atoms with E-state index in [0.29, 0.717) is 0 Å². The lowest BCUT2D eigenvalue weighted by Crippen LogP contribution is -2.33. The van der Waals surface area contributed by atoms with Crippen molar-refractivity contribution in [1.29, 1.82) is 0 Å². The Balaban J connectivity index is 3.53. The number of nitrogens with one attached hydrogen (secondary N) is 1. The minimum atomic E-state index is -2.39. The molecule has 0 aliphatic heterocycles. The fraction of sp³-hybridized carbons (Fsp3) is 0.875. The highest BCUT2D eigenvalue weighted by molar-refractivity contribution is 5.67. The topological polar surface area (TPSA) is 38.3 Å². The molecule has 13 heavy (non-hydrogen) atoms. The predicted molar refractivity (Wildman–Crippen MR) is 44.9 cm³/mol. The maximum Gasteiger partial charge on any atom is 0.407 e. The largest absolute Gasteiger partial charge is 0.444 e. The van der Waals surface area contributed by atoms with E-state index in [1.165, 1.54) is 0 Å². The molecule has 78 valence electrons. The highest BCUT2D eigenvalue weighted by atomic mass is 19.3. The Morgan fingerprint density at radius 2 is 2.00 bits per heavy atom. The molecule has 0 aromatic carbocycles. The lowest BCUT2D eigenvalue weighted by atomic mass is 10.2. The van der Waals surface area contributed by atoms with Crippen LogP contribution in [0, 0.1) is 0 Å². The van der Waals surface area contributed by atoms with Gasteiger partial charge in [-0.2, -0.15) is 0 Å². The lowest BCUT2D eigenvalue weighted by molar-refractivity contribution is 0.0514. The van der Waals surface area contributed by atoms with Gasteiger partial charge in [-0.05, 0) is 20.8 Å². The normalized spacial score (nSPS) is 11.5. The second-order valence-electron chi connectivity index (χ2n) is 3.61. The van der Waals surface area contributed by atoms with E-state index in [-0.39, 0.29) is 13.0 Å². The number of amides is 1. The smallest absolute Gasteiger partial charge is 0.407 e. The van der Waals surface area contributed by atoms with Crippen LogP contribution in [0.3, 0.4) is 0 Å². The van der Waals surface area contributed by atoms with E-state index in [1.54, 1.807) is 20.8 Å². The van der Waals surface area contributed by atoms with Crippen molar-refractivity contribution in [3.8, 4) is 0 Å². The molecule has 0 heterocycles. The number of hydrogen-bond acceptors (Lipinski definition) is 2. The number of alkyl halides is 2. The van der Waals surface area contributed by atoms with Crippen LogP contribution in [0.1, 0.15) is 27.2 Å². The van der Waals surface area contributed by atoms with Crippen LogP contribution in [0.4, 0.5) is 13.6 Å². The van der Waals surface area contributed by atoms with Crippen LogP contribution >= 0.6 is 0 Å². The summed E-state index contributed by atoms with van der Waals surface area (Å²) in [6, 6.07) is 0. The third kappa shape index (κ3) is 9.04. The monoisotopic (exact) mass is 195 g/mol. The van der Waals surface area contributed by atoms with Crippen LogP contribution in [0.25, 0.3) is 0 Å². The first-order valence-corrected chi connectivity index (χ1v) is 4.06. The van der Waals surface area contributed by atoms with Crippen LogP contribution in [-0.4, -0.2) is 24.7 Å². The van der Waals surface area contributed by atoms with Crippen molar-refractivity contribution >= 4 is 6.09 Å². The molecule has 5 heteroatoms. The molecule has 0 saturated heterocycles. The number of halogens is 2. The molecule has 0 fully saturated rings. The first kappa shape index (κ1) is 12.1. The Morgan fingerprint density at radius 3 is 2.38 bits per heavy atom. The van der Waals surface area contributed by atoms with Gasteiger partial charge in [0, 0.05) is 13.0 Å². The Kier molecular flexibility index (Phi) is 4.66. The van der Waals surface area contributed by atoms with Crippen molar-refractivity contribution in [2.45, 2.75) is 39.2 Å². The van der Waals surface area contributed by atoms with Gasteiger partial charge in [-0.15, -0.1) is 0 Å². The summed E-state index contributed by atoms with van der Waals surface area (Å²) in [5.41, 5.74) is -0.588. The van der Waals surface area contributed by atoms with E-state index in [4.69, 9.17) is 4.74 Å². The zero-order valence-corrected chi connectivity index (χ0v) is 8.06. The van der Waals surface area contributed by atoms with Gasteiger partial charge < -0.3 is 10.1 Å². The van der Waals surface area contributed by atoms with Gasteiger partial charge in [0.15, 0.2) is 0 Å². The van der Waals surface area contributed by atoms with Gasteiger partial charge in [0.05, 0.1) is 0 Å². The average Bonchev–Trinajstić information content (AvgIpc) is 1.81. The third-order valence-electron chi connectivity index (χ3n) is 1.03. The lowest BCUT2D eigenvalue weighted by Gasteiger charge is -2.19. The van der Waals surface area contributed by atoms with E-state index in [0.717, 1.165) is 0 Å². The number of rotatable bonds is 3. The summed E-state index contributed by atoms with van der Waals surface area (Å²) in [5.74, 6) is 0. The zero-order chi connectivity index (χ0) is 10.5. The Bertz CT molecular complexity index is 166. The molecule has 0 rings (SSSR count). The first-order chi connectivity index (χ1) is 5.81. The Hall–Kier alpha value is -0.870. The van der Waals surface area contributed by atoms with Gasteiger partial charge in [0.2, 0.25) is 6.43 Å². The highest BCUT2D eigenvalue weighted by Gasteiger charge is 2.15. The van der Waals surface area contributed by atoms with Crippen molar-refractivity contribution in [2.24, 2.45) is 0 Å². The third-order valence-corrected chi connectivity index (χ3v) is 1.03. The molecule has 0 aromatic rings. The van der Waals surface area contributed by atoms with E-state index in [2.05, 4.69) is 5.32 Å². The minimum Gasteiger partial charge on any atom is -0.444 e. The fourth-order valence-electron chi connectivity index (χ4n) is 0.598. The molecular weight excluding hydrogens is 180 g/mol. The van der Waals surface area contributed by atoms with Gasteiger partial charge >= 0.3 is 6.09 Å². The van der Waals surface area contributed by atoms with Gasteiger partial charge in [-0.25, -0.2) is 13.6 Å². The molecule has 0 aliphatic rings.